The lowest BCUT2D eigenvalue weighted by Crippen LogP contribution is -2.23. The number of nitrogens with zero attached hydrogens (tertiary/aromatic N) is 1. The van der Waals surface area contributed by atoms with Crippen molar-refractivity contribution >= 4 is 17.3 Å². The van der Waals surface area contributed by atoms with Gasteiger partial charge in [0, 0.05) is 11.8 Å². The average Bonchev–Trinajstić information content (AvgIpc) is 2.90. The van der Waals surface area contributed by atoms with Crippen molar-refractivity contribution in [1.82, 2.24) is 4.98 Å². The molecule has 2 aliphatic rings. The van der Waals surface area contributed by atoms with E-state index in [1.165, 1.54) is 12.8 Å². The van der Waals surface area contributed by atoms with E-state index >= 15 is 0 Å². The fourth-order valence-electron chi connectivity index (χ4n) is 2.87. The zero-order chi connectivity index (χ0) is 11.2. The smallest absolute Gasteiger partial charge is 0.315 e. The van der Waals surface area contributed by atoms with Crippen LogP contribution in [0.2, 0.25) is 0 Å². The van der Waals surface area contributed by atoms with E-state index in [1.54, 1.807) is 11.3 Å². The van der Waals surface area contributed by atoms with Gasteiger partial charge in [0.2, 0.25) is 0 Å². The molecule has 4 heteroatoms. The number of thiazole rings is 1. The largest absolute Gasteiger partial charge is 0.459 e. The summed E-state index contributed by atoms with van der Waals surface area (Å²) < 4.78 is 5.61. The summed E-state index contributed by atoms with van der Waals surface area (Å²) in [5.74, 6) is -0.171. The predicted octanol–water partition coefficient (Wildman–Crippen LogP) is 2.79. The van der Waals surface area contributed by atoms with E-state index in [1.807, 2.05) is 12.3 Å². The Bertz CT molecular complexity index is 420. The molecule has 86 valence electrons. The predicted molar refractivity (Wildman–Crippen MR) is 61.5 cm³/mol. The second-order valence-electron chi connectivity index (χ2n) is 4.86. The third kappa shape index (κ3) is 1.56. The highest BCUT2D eigenvalue weighted by Gasteiger charge is 2.49. The fourth-order valence-corrected chi connectivity index (χ4v) is 3.54. The maximum absolute atomic E-state index is 11.9. The zero-order valence-corrected chi connectivity index (χ0v) is 10.2. The molecule has 0 amide bonds. The first-order chi connectivity index (χ1) is 7.69. The second-order valence-corrected chi connectivity index (χ2v) is 5.92. The van der Waals surface area contributed by atoms with E-state index in [9.17, 15) is 4.79 Å². The molecule has 2 fully saturated rings. The Morgan fingerprint density at radius 2 is 2.25 bits per heavy atom. The average molecular weight is 237 g/mol. The number of ether oxygens (including phenoxy) is 1. The van der Waals surface area contributed by atoms with E-state index in [2.05, 4.69) is 4.98 Å². The molecule has 1 unspecified atom stereocenters. The molecule has 1 aromatic rings. The van der Waals surface area contributed by atoms with Gasteiger partial charge in [-0.3, -0.25) is 4.79 Å². The van der Waals surface area contributed by atoms with Gasteiger partial charge in [0.25, 0.3) is 0 Å². The van der Waals surface area contributed by atoms with Crippen LogP contribution in [0.4, 0.5) is 0 Å². The molecule has 3 rings (SSSR count). The number of esters is 1. The summed E-state index contributed by atoms with van der Waals surface area (Å²) in [6.07, 6.45) is 5.30. The number of rotatable bonds is 1. The quantitative estimate of drug-likeness (QED) is 0.705. The van der Waals surface area contributed by atoms with Gasteiger partial charge in [-0.1, -0.05) is 0 Å². The van der Waals surface area contributed by atoms with Crippen molar-refractivity contribution in [1.29, 1.82) is 0 Å². The van der Waals surface area contributed by atoms with Crippen molar-refractivity contribution in [2.45, 2.75) is 50.5 Å². The molecule has 0 N–H and O–H groups in total. The summed E-state index contributed by atoms with van der Waals surface area (Å²) >= 11 is 1.61. The van der Waals surface area contributed by atoms with Crippen molar-refractivity contribution in [3.8, 4) is 0 Å². The van der Waals surface area contributed by atoms with Crippen LogP contribution in [-0.4, -0.2) is 16.6 Å². The topological polar surface area (TPSA) is 39.2 Å². The SMILES string of the molecule is Cc1nc(C2CC3(CCCC3)OC2=O)cs1. The van der Waals surface area contributed by atoms with Crippen LogP contribution in [0.5, 0.6) is 0 Å². The Balaban J connectivity index is 1.85. The maximum atomic E-state index is 11.9. The first-order valence-electron chi connectivity index (χ1n) is 5.83. The molecule has 0 bridgehead atoms. The van der Waals surface area contributed by atoms with Crippen LogP contribution in [0.1, 0.15) is 48.7 Å². The van der Waals surface area contributed by atoms with E-state index < -0.39 is 0 Å². The van der Waals surface area contributed by atoms with Gasteiger partial charge in [0.15, 0.2) is 0 Å². The first kappa shape index (κ1) is 10.3. The Morgan fingerprint density at radius 3 is 2.88 bits per heavy atom. The number of aryl methyl sites for hydroxylation is 1. The van der Waals surface area contributed by atoms with E-state index in [4.69, 9.17) is 4.74 Å². The third-order valence-electron chi connectivity index (χ3n) is 3.69. The minimum atomic E-state index is -0.140. The number of hydrogen-bond donors (Lipinski definition) is 0. The van der Waals surface area contributed by atoms with Crippen LogP contribution in [-0.2, 0) is 9.53 Å². The molecule has 0 radical (unpaired) electrons. The molecule has 1 spiro atoms. The van der Waals surface area contributed by atoms with Crippen LogP contribution in [0, 0.1) is 6.92 Å². The first-order valence-corrected chi connectivity index (χ1v) is 6.71. The van der Waals surface area contributed by atoms with Crippen LogP contribution in [0.25, 0.3) is 0 Å². The lowest BCUT2D eigenvalue weighted by molar-refractivity contribution is -0.148. The monoisotopic (exact) mass is 237 g/mol. The summed E-state index contributed by atoms with van der Waals surface area (Å²) in [5.41, 5.74) is 0.774. The van der Waals surface area contributed by atoms with Crippen molar-refractivity contribution in [2.24, 2.45) is 0 Å². The molecule has 3 nitrogen and oxygen atoms in total. The fraction of sp³-hybridized carbons (Fsp3) is 0.667. The highest BCUT2D eigenvalue weighted by atomic mass is 32.1. The standard InChI is InChI=1S/C12H15NO2S/c1-8-13-10(7-16-8)9-6-12(15-11(9)14)4-2-3-5-12/h7,9H,2-6H2,1H3. The van der Waals surface area contributed by atoms with Gasteiger partial charge in [-0.25, -0.2) is 4.98 Å². The molecule has 16 heavy (non-hydrogen) atoms. The van der Waals surface area contributed by atoms with E-state index in [0.29, 0.717) is 0 Å². The summed E-state index contributed by atoms with van der Waals surface area (Å²) in [6, 6.07) is 0. The van der Waals surface area contributed by atoms with Crippen molar-refractivity contribution in [2.75, 3.05) is 0 Å². The van der Waals surface area contributed by atoms with Crippen molar-refractivity contribution in [3.63, 3.8) is 0 Å². The molecule has 1 aromatic heterocycles. The van der Waals surface area contributed by atoms with Gasteiger partial charge >= 0.3 is 5.97 Å². The summed E-state index contributed by atoms with van der Waals surface area (Å²) in [5, 5.41) is 3.02. The number of hydrogen-bond acceptors (Lipinski definition) is 4. The molecule has 1 atom stereocenters. The third-order valence-corrected chi connectivity index (χ3v) is 4.48. The molecular weight excluding hydrogens is 222 g/mol. The molecular formula is C12H15NO2S. The Kier molecular flexibility index (Phi) is 2.28. The minimum Gasteiger partial charge on any atom is -0.459 e. The van der Waals surface area contributed by atoms with Gasteiger partial charge in [0.1, 0.15) is 11.5 Å². The van der Waals surface area contributed by atoms with Crippen LogP contribution in [0.3, 0.4) is 0 Å². The lowest BCUT2D eigenvalue weighted by atomic mass is 9.91. The van der Waals surface area contributed by atoms with Crippen LogP contribution in [0.15, 0.2) is 5.38 Å². The summed E-state index contributed by atoms with van der Waals surface area (Å²) in [6.45, 7) is 1.97. The Hall–Kier alpha value is -0.900. The van der Waals surface area contributed by atoms with Gasteiger partial charge in [-0.2, -0.15) is 0 Å². The number of carbonyl (C=O) groups excluding carboxylic acids is 1. The summed E-state index contributed by atoms with van der Waals surface area (Å²) in [7, 11) is 0. The Labute approximate surface area is 98.8 Å². The summed E-state index contributed by atoms with van der Waals surface area (Å²) in [4.78, 5) is 16.3. The molecule has 1 aliphatic carbocycles. The van der Waals surface area contributed by atoms with Gasteiger partial charge < -0.3 is 4.74 Å². The zero-order valence-electron chi connectivity index (χ0n) is 9.36. The normalized spacial score (nSPS) is 27.6. The number of aromatic nitrogens is 1. The van der Waals surface area contributed by atoms with Crippen molar-refractivity contribution < 1.29 is 9.53 Å². The van der Waals surface area contributed by atoms with Crippen molar-refractivity contribution in [3.05, 3.63) is 16.1 Å². The highest BCUT2D eigenvalue weighted by molar-refractivity contribution is 7.09. The van der Waals surface area contributed by atoms with Gasteiger partial charge in [-0.05, 0) is 32.6 Å². The van der Waals surface area contributed by atoms with Gasteiger partial charge in [0.05, 0.1) is 10.7 Å². The molecule has 1 saturated carbocycles. The highest BCUT2D eigenvalue weighted by Crippen LogP contribution is 2.46. The van der Waals surface area contributed by atoms with E-state index in [0.717, 1.165) is 30.0 Å². The Morgan fingerprint density at radius 1 is 1.50 bits per heavy atom. The van der Waals surface area contributed by atoms with Crippen LogP contribution >= 0.6 is 11.3 Å². The maximum Gasteiger partial charge on any atom is 0.315 e. The lowest BCUT2D eigenvalue weighted by Gasteiger charge is -2.20. The molecule has 2 heterocycles. The second kappa shape index (κ2) is 3.55. The van der Waals surface area contributed by atoms with Gasteiger partial charge in [-0.15, -0.1) is 11.3 Å². The van der Waals surface area contributed by atoms with Crippen LogP contribution < -0.4 is 0 Å². The molecule has 1 aliphatic heterocycles. The minimum absolute atomic E-state index is 0.0628. The number of carbonyl (C=O) groups is 1. The molecule has 1 saturated heterocycles. The van der Waals surface area contributed by atoms with E-state index in [-0.39, 0.29) is 17.5 Å². The molecule has 0 aromatic carbocycles.